The number of esters is 1. The molecule has 6 heteroatoms. The lowest BCUT2D eigenvalue weighted by Crippen LogP contribution is -2.10. The van der Waals surface area contributed by atoms with Gasteiger partial charge in [-0.05, 0) is 47.9 Å². The van der Waals surface area contributed by atoms with E-state index in [0.717, 1.165) is 10.9 Å². The molecule has 4 aromatic rings. The number of hydrogen-bond donors (Lipinski definition) is 1. The van der Waals surface area contributed by atoms with Crippen LogP contribution in [0.5, 0.6) is 0 Å². The highest BCUT2D eigenvalue weighted by Gasteiger charge is 2.19. The van der Waals surface area contributed by atoms with Crippen LogP contribution in [0.3, 0.4) is 0 Å². The van der Waals surface area contributed by atoms with Crippen LogP contribution in [0.2, 0.25) is 0 Å². The number of nitrogens with one attached hydrogen (secondary N) is 1. The molecule has 140 valence electrons. The van der Waals surface area contributed by atoms with Gasteiger partial charge >= 0.3 is 5.97 Å². The lowest BCUT2D eigenvalue weighted by atomic mass is 10.1. The van der Waals surface area contributed by atoms with E-state index in [2.05, 4.69) is 34.2 Å². The Kier molecular flexibility index (Phi) is 4.79. The van der Waals surface area contributed by atoms with Gasteiger partial charge in [-0.15, -0.1) is 11.3 Å². The lowest BCUT2D eigenvalue weighted by Gasteiger charge is -1.99. The van der Waals surface area contributed by atoms with E-state index >= 15 is 0 Å². The summed E-state index contributed by atoms with van der Waals surface area (Å²) in [4.78, 5) is 32.9. The maximum Gasteiger partial charge on any atom is 0.348 e. The van der Waals surface area contributed by atoms with E-state index in [1.807, 2.05) is 24.3 Å². The number of aromatic nitrogens is 2. The van der Waals surface area contributed by atoms with E-state index in [9.17, 15) is 9.59 Å². The summed E-state index contributed by atoms with van der Waals surface area (Å²) in [5.41, 5.74) is 1.36. The third-order valence-electron chi connectivity index (χ3n) is 4.49. The van der Waals surface area contributed by atoms with Crippen LogP contribution in [0.4, 0.5) is 0 Å². The Labute approximate surface area is 165 Å². The zero-order valence-electron chi connectivity index (χ0n) is 15.5. The predicted molar refractivity (Wildman–Crippen MR) is 114 cm³/mol. The summed E-state index contributed by atoms with van der Waals surface area (Å²) < 4.78 is 5.07. The monoisotopic (exact) mass is 390 g/mol. The van der Waals surface area contributed by atoms with Gasteiger partial charge in [0.1, 0.15) is 15.5 Å². The third kappa shape index (κ3) is 3.34. The quantitative estimate of drug-likeness (QED) is 0.508. The zero-order valence-corrected chi connectivity index (χ0v) is 16.3. The fraction of sp³-hybridized carbons (Fsp3) is 0.136. The van der Waals surface area contributed by atoms with Gasteiger partial charge in [-0.3, -0.25) is 4.79 Å². The molecule has 0 radical (unpaired) electrons. The molecule has 0 aliphatic heterocycles. The molecule has 0 saturated heterocycles. The molecule has 0 saturated carbocycles. The number of H-pyrrole nitrogens is 1. The van der Waals surface area contributed by atoms with Crippen LogP contribution in [-0.4, -0.2) is 22.5 Å². The number of aryl methyl sites for hydroxylation is 1. The first kappa shape index (κ1) is 18.1. The first-order chi connectivity index (χ1) is 13.6. The van der Waals surface area contributed by atoms with Gasteiger partial charge in [0, 0.05) is 0 Å². The number of benzene rings is 2. The number of rotatable bonds is 4. The van der Waals surface area contributed by atoms with E-state index in [1.165, 1.54) is 16.7 Å². The van der Waals surface area contributed by atoms with Crippen molar-refractivity contribution < 1.29 is 9.53 Å². The van der Waals surface area contributed by atoms with Crippen LogP contribution >= 0.6 is 11.3 Å². The smallest absolute Gasteiger partial charge is 0.348 e. The molecule has 2 aromatic heterocycles. The van der Waals surface area contributed by atoms with Gasteiger partial charge in [0.05, 0.1) is 12.0 Å². The average Bonchev–Trinajstić information content (AvgIpc) is 3.03. The van der Waals surface area contributed by atoms with Crippen molar-refractivity contribution in [2.75, 3.05) is 6.61 Å². The van der Waals surface area contributed by atoms with E-state index in [1.54, 1.807) is 19.9 Å². The lowest BCUT2D eigenvalue weighted by molar-refractivity contribution is 0.0531. The minimum Gasteiger partial charge on any atom is -0.462 e. The molecule has 0 amide bonds. The van der Waals surface area contributed by atoms with Gasteiger partial charge in [-0.1, -0.05) is 42.5 Å². The molecule has 0 unspecified atom stereocenters. The number of ether oxygens (including phenoxy) is 1. The van der Waals surface area contributed by atoms with Crippen molar-refractivity contribution >= 4 is 50.4 Å². The maximum absolute atomic E-state index is 12.5. The molecule has 5 nitrogen and oxygen atoms in total. The second-order valence-corrected chi connectivity index (χ2v) is 7.35. The Morgan fingerprint density at radius 2 is 1.96 bits per heavy atom. The number of carbonyl (C=O) groups is 1. The Hall–Kier alpha value is -3.25. The Morgan fingerprint density at radius 1 is 1.18 bits per heavy atom. The Balaban J connectivity index is 1.71. The molecular weight excluding hydrogens is 372 g/mol. The Morgan fingerprint density at radius 3 is 2.75 bits per heavy atom. The number of fused-ring (bicyclic) bond motifs is 2. The van der Waals surface area contributed by atoms with Crippen LogP contribution in [0, 0.1) is 6.92 Å². The second kappa shape index (κ2) is 7.40. The van der Waals surface area contributed by atoms with Crippen molar-refractivity contribution in [1.29, 1.82) is 0 Å². The molecule has 0 spiro atoms. The van der Waals surface area contributed by atoms with Crippen molar-refractivity contribution in [2.24, 2.45) is 0 Å². The number of nitrogens with zero attached hydrogens (tertiary/aromatic N) is 1. The van der Waals surface area contributed by atoms with Crippen LogP contribution in [-0.2, 0) is 4.74 Å². The minimum absolute atomic E-state index is 0.257. The van der Waals surface area contributed by atoms with Gasteiger partial charge in [-0.2, -0.15) is 0 Å². The summed E-state index contributed by atoms with van der Waals surface area (Å²) in [7, 11) is 0. The summed E-state index contributed by atoms with van der Waals surface area (Å²) in [6, 6.07) is 14.3. The standard InChI is InChI=1S/C22H18N2O3S/c1-3-27-22(26)19-13(2)18-20(25)23-17(24-21(18)28-19)11-9-14-8-10-15-6-4-5-7-16(15)12-14/h4-12H,3H2,1-2H3,(H,23,24,25)/b11-9+. The summed E-state index contributed by atoms with van der Waals surface area (Å²) in [6.45, 7) is 3.78. The molecule has 4 rings (SSSR count). The average molecular weight is 390 g/mol. The zero-order chi connectivity index (χ0) is 19.7. The van der Waals surface area contributed by atoms with Crippen molar-refractivity contribution in [3.63, 3.8) is 0 Å². The number of carbonyl (C=O) groups excluding carboxylic acids is 1. The molecular formula is C22H18N2O3S. The van der Waals surface area contributed by atoms with Crippen LogP contribution in [0.25, 0.3) is 33.1 Å². The van der Waals surface area contributed by atoms with E-state index in [-0.39, 0.29) is 12.2 Å². The Bertz CT molecular complexity index is 1280. The fourth-order valence-electron chi connectivity index (χ4n) is 3.12. The third-order valence-corrected chi connectivity index (χ3v) is 5.65. The van der Waals surface area contributed by atoms with Crippen molar-refractivity contribution in [1.82, 2.24) is 9.97 Å². The summed E-state index contributed by atoms with van der Waals surface area (Å²) >= 11 is 1.18. The predicted octanol–water partition coefficient (Wildman–Crippen LogP) is 4.79. The molecule has 0 aliphatic carbocycles. The van der Waals surface area contributed by atoms with Crippen molar-refractivity contribution in [3.05, 3.63) is 74.6 Å². The highest BCUT2D eigenvalue weighted by atomic mass is 32.1. The molecule has 0 fully saturated rings. The first-order valence-corrected chi connectivity index (χ1v) is 9.76. The van der Waals surface area contributed by atoms with Gasteiger partial charge in [-0.25, -0.2) is 9.78 Å². The molecule has 0 aliphatic rings. The highest BCUT2D eigenvalue weighted by Crippen LogP contribution is 2.28. The highest BCUT2D eigenvalue weighted by molar-refractivity contribution is 7.20. The van der Waals surface area contributed by atoms with E-state index in [4.69, 9.17) is 4.74 Å². The van der Waals surface area contributed by atoms with Gasteiger partial charge in [0.2, 0.25) is 0 Å². The second-order valence-electron chi connectivity index (χ2n) is 6.35. The molecule has 28 heavy (non-hydrogen) atoms. The molecule has 1 N–H and O–H groups in total. The van der Waals surface area contributed by atoms with Crippen molar-refractivity contribution in [2.45, 2.75) is 13.8 Å². The van der Waals surface area contributed by atoms with E-state index in [0.29, 0.717) is 26.5 Å². The summed E-state index contributed by atoms with van der Waals surface area (Å²) in [5, 5.41) is 2.76. The summed E-state index contributed by atoms with van der Waals surface area (Å²) in [6.07, 6.45) is 3.67. The normalized spacial score (nSPS) is 11.5. The fourth-order valence-corrected chi connectivity index (χ4v) is 4.20. The minimum atomic E-state index is -0.421. The SMILES string of the molecule is CCOC(=O)c1sc2nc(/C=C/c3ccc4ccccc4c3)[nH]c(=O)c2c1C. The number of aromatic amines is 1. The van der Waals surface area contributed by atoms with Gasteiger partial charge in [0.25, 0.3) is 5.56 Å². The largest absolute Gasteiger partial charge is 0.462 e. The van der Waals surface area contributed by atoms with Crippen molar-refractivity contribution in [3.8, 4) is 0 Å². The van der Waals surface area contributed by atoms with Crippen LogP contribution in [0.1, 0.15) is 33.5 Å². The summed E-state index contributed by atoms with van der Waals surface area (Å²) in [5.74, 6) is 0.0259. The van der Waals surface area contributed by atoms with Gasteiger partial charge < -0.3 is 9.72 Å². The van der Waals surface area contributed by atoms with Crippen LogP contribution in [0.15, 0.2) is 47.3 Å². The first-order valence-electron chi connectivity index (χ1n) is 8.94. The van der Waals surface area contributed by atoms with Gasteiger partial charge in [0.15, 0.2) is 0 Å². The maximum atomic E-state index is 12.5. The van der Waals surface area contributed by atoms with Crippen LogP contribution < -0.4 is 5.56 Å². The molecule has 0 atom stereocenters. The number of hydrogen-bond acceptors (Lipinski definition) is 5. The molecule has 2 aromatic carbocycles. The number of thiophene rings is 1. The molecule has 0 bridgehead atoms. The van der Waals surface area contributed by atoms with E-state index < -0.39 is 5.97 Å². The molecule has 2 heterocycles. The topological polar surface area (TPSA) is 72.0 Å².